The van der Waals surface area contributed by atoms with E-state index in [4.69, 9.17) is 0 Å². The van der Waals surface area contributed by atoms with Crippen molar-refractivity contribution in [3.05, 3.63) is 34.0 Å². The van der Waals surface area contributed by atoms with Gasteiger partial charge in [-0.2, -0.15) is 0 Å². The Kier molecular flexibility index (Phi) is 4.04. The Balaban J connectivity index is 2.24. The van der Waals surface area contributed by atoms with Crippen molar-refractivity contribution in [1.82, 2.24) is 9.97 Å². The molecule has 2 heterocycles. The van der Waals surface area contributed by atoms with Crippen molar-refractivity contribution in [2.24, 2.45) is 0 Å². The predicted octanol–water partition coefficient (Wildman–Crippen LogP) is 3.39. The van der Waals surface area contributed by atoms with E-state index in [0.29, 0.717) is 0 Å². The zero-order valence-corrected chi connectivity index (χ0v) is 12.9. The zero-order valence-electron chi connectivity index (χ0n) is 12.1. The maximum Gasteiger partial charge on any atom is 0.0901 e. The number of hydrogen-bond donors (Lipinski definition) is 1. The summed E-state index contributed by atoms with van der Waals surface area (Å²) in [5, 5.41) is 4.61. The average molecular weight is 276 g/mol. The maximum absolute atomic E-state index is 4.60. The second-order valence-electron chi connectivity index (χ2n) is 4.83. The monoisotopic (exact) mass is 276 g/mol. The summed E-state index contributed by atoms with van der Waals surface area (Å²) >= 11 is 1.74. The first-order valence-electron chi connectivity index (χ1n) is 6.31. The Morgan fingerprint density at radius 3 is 2.63 bits per heavy atom. The molecule has 0 aromatic carbocycles. The van der Waals surface area contributed by atoms with Crippen molar-refractivity contribution in [2.75, 3.05) is 24.3 Å². The van der Waals surface area contributed by atoms with E-state index in [2.05, 4.69) is 34.0 Å². The highest BCUT2D eigenvalue weighted by Crippen LogP contribution is 2.29. The molecule has 19 heavy (non-hydrogen) atoms. The van der Waals surface area contributed by atoms with Gasteiger partial charge in [0, 0.05) is 25.2 Å². The van der Waals surface area contributed by atoms with Gasteiger partial charge in [-0.3, -0.25) is 4.98 Å². The third kappa shape index (κ3) is 3.04. The minimum atomic E-state index is 0.174. The van der Waals surface area contributed by atoms with E-state index in [1.165, 1.54) is 4.88 Å². The fraction of sp³-hybridized carbons (Fsp3) is 0.429. The number of thiazole rings is 1. The van der Waals surface area contributed by atoms with Crippen molar-refractivity contribution in [1.29, 1.82) is 0 Å². The highest BCUT2D eigenvalue weighted by molar-refractivity contribution is 7.11. The van der Waals surface area contributed by atoms with E-state index < -0.39 is 0 Å². The lowest BCUT2D eigenvalue weighted by molar-refractivity contribution is 0.834. The highest BCUT2D eigenvalue weighted by Gasteiger charge is 2.14. The molecule has 0 radical (unpaired) electrons. The van der Waals surface area contributed by atoms with Crippen LogP contribution in [0.25, 0.3) is 0 Å². The molecular weight excluding hydrogens is 256 g/mol. The number of rotatable bonds is 4. The van der Waals surface area contributed by atoms with Gasteiger partial charge in [-0.25, -0.2) is 4.98 Å². The molecule has 102 valence electrons. The summed E-state index contributed by atoms with van der Waals surface area (Å²) in [5.74, 6) is 0. The van der Waals surface area contributed by atoms with Crippen molar-refractivity contribution in [3.63, 3.8) is 0 Å². The van der Waals surface area contributed by atoms with Gasteiger partial charge in [0.2, 0.25) is 0 Å². The summed E-state index contributed by atoms with van der Waals surface area (Å²) in [6.45, 7) is 6.30. The molecule has 0 aliphatic carbocycles. The zero-order chi connectivity index (χ0) is 14.0. The van der Waals surface area contributed by atoms with Gasteiger partial charge >= 0.3 is 0 Å². The van der Waals surface area contributed by atoms with E-state index in [1.54, 1.807) is 11.3 Å². The van der Waals surface area contributed by atoms with Crippen LogP contribution in [0.15, 0.2) is 18.5 Å². The molecule has 0 fully saturated rings. The molecule has 0 saturated carbocycles. The van der Waals surface area contributed by atoms with Gasteiger partial charge in [0.25, 0.3) is 0 Å². The third-order valence-electron chi connectivity index (χ3n) is 3.00. The summed E-state index contributed by atoms with van der Waals surface area (Å²) < 4.78 is 0. The van der Waals surface area contributed by atoms with Crippen LogP contribution in [0.1, 0.15) is 28.5 Å². The predicted molar refractivity (Wildman–Crippen MR) is 82.2 cm³/mol. The van der Waals surface area contributed by atoms with Crippen LogP contribution >= 0.6 is 11.3 Å². The Hall–Kier alpha value is -1.62. The Morgan fingerprint density at radius 2 is 2.05 bits per heavy atom. The number of pyridine rings is 1. The largest absolute Gasteiger partial charge is 0.376 e. The van der Waals surface area contributed by atoms with Gasteiger partial charge in [0.15, 0.2) is 0 Å². The number of aromatic nitrogens is 2. The molecule has 2 aromatic rings. The topological polar surface area (TPSA) is 41.1 Å². The van der Waals surface area contributed by atoms with Crippen LogP contribution in [0.2, 0.25) is 0 Å². The van der Waals surface area contributed by atoms with Crippen LogP contribution in [-0.2, 0) is 0 Å². The van der Waals surface area contributed by atoms with Crippen LogP contribution in [-0.4, -0.2) is 24.1 Å². The van der Waals surface area contributed by atoms with Crippen LogP contribution in [0, 0.1) is 13.8 Å². The fourth-order valence-electron chi connectivity index (χ4n) is 2.14. The van der Waals surface area contributed by atoms with Gasteiger partial charge in [0.05, 0.1) is 34.3 Å². The van der Waals surface area contributed by atoms with Crippen LogP contribution < -0.4 is 10.2 Å². The second-order valence-corrected chi connectivity index (χ2v) is 6.23. The molecule has 0 amide bonds. The third-order valence-corrected chi connectivity index (χ3v) is 3.90. The van der Waals surface area contributed by atoms with E-state index >= 15 is 0 Å². The van der Waals surface area contributed by atoms with Crippen LogP contribution in [0.4, 0.5) is 11.4 Å². The molecule has 0 aliphatic heterocycles. The SMILES string of the molecule is Cc1nc(C(C)Nc2cnccc2N(C)C)c(C)s1. The number of nitrogens with zero attached hydrogens (tertiary/aromatic N) is 3. The molecular formula is C14H20N4S. The summed E-state index contributed by atoms with van der Waals surface area (Å²) in [4.78, 5) is 12.1. The quantitative estimate of drug-likeness (QED) is 0.929. The number of anilines is 2. The highest BCUT2D eigenvalue weighted by atomic mass is 32.1. The lowest BCUT2D eigenvalue weighted by Gasteiger charge is -2.21. The molecule has 0 saturated heterocycles. The standard InChI is InChI=1S/C14H20N4S/c1-9(14-10(2)19-11(3)17-14)16-12-8-15-7-6-13(12)18(4)5/h6-9,16H,1-5H3. The first-order valence-corrected chi connectivity index (χ1v) is 7.12. The minimum Gasteiger partial charge on any atom is -0.376 e. The summed E-state index contributed by atoms with van der Waals surface area (Å²) in [7, 11) is 4.06. The number of hydrogen-bond acceptors (Lipinski definition) is 5. The molecule has 1 atom stereocenters. The summed E-state index contributed by atoms with van der Waals surface area (Å²) in [6, 6.07) is 2.18. The Labute approximate surface area is 118 Å². The average Bonchev–Trinajstić information content (AvgIpc) is 2.69. The molecule has 0 bridgehead atoms. The fourth-order valence-corrected chi connectivity index (χ4v) is 3.05. The van der Waals surface area contributed by atoms with Crippen molar-refractivity contribution in [3.8, 4) is 0 Å². The van der Waals surface area contributed by atoms with Crippen molar-refractivity contribution >= 4 is 22.7 Å². The van der Waals surface area contributed by atoms with Crippen molar-refractivity contribution in [2.45, 2.75) is 26.8 Å². The van der Waals surface area contributed by atoms with Crippen molar-refractivity contribution < 1.29 is 0 Å². The lowest BCUT2D eigenvalue weighted by Crippen LogP contribution is -2.15. The molecule has 4 nitrogen and oxygen atoms in total. The number of nitrogens with one attached hydrogen (secondary N) is 1. The molecule has 0 spiro atoms. The van der Waals surface area contributed by atoms with Gasteiger partial charge in [-0.1, -0.05) is 0 Å². The normalized spacial score (nSPS) is 12.3. The van der Waals surface area contributed by atoms with Crippen LogP contribution in [0.5, 0.6) is 0 Å². The van der Waals surface area contributed by atoms with E-state index in [1.807, 2.05) is 39.5 Å². The first-order chi connectivity index (χ1) is 8.99. The Morgan fingerprint density at radius 1 is 1.32 bits per heavy atom. The van der Waals surface area contributed by atoms with Gasteiger partial charge in [-0.15, -0.1) is 11.3 Å². The molecule has 2 aromatic heterocycles. The molecule has 5 heteroatoms. The van der Waals surface area contributed by atoms with Gasteiger partial charge in [-0.05, 0) is 26.8 Å². The van der Waals surface area contributed by atoms with E-state index in [-0.39, 0.29) is 6.04 Å². The Bertz CT molecular complexity index is 562. The van der Waals surface area contributed by atoms with Gasteiger partial charge in [0.1, 0.15) is 0 Å². The first kappa shape index (κ1) is 13.8. The maximum atomic E-state index is 4.60. The number of aryl methyl sites for hydroxylation is 2. The lowest BCUT2D eigenvalue weighted by atomic mass is 10.2. The second kappa shape index (κ2) is 5.57. The molecule has 2 rings (SSSR count). The summed E-state index contributed by atoms with van der Waals surface area (Å²) in [5.41, 5.74) is 3.28. The minimum absolute atomic E-state index is 0.174. The van der Waals surface area contributed by atoms with Gasteiger partial charge < -0.3 is 10.2 Å². The van der Waals surface area contributed by atoms with E-state index in [9.17, 15) is 0 Å². The molecule has 1 unspecified atom stereocenters. The summed E-state index contributed by atoms with van der Waals surface area (Å²) in [6.07, 6.45) is 3.67. The van der Waals surface area contributed by atoms with E-state index in [0.717, 1.165) is 22.1 Å². The molecule has 0 aliphatic rings. The van der Waals surface area contributed by atoms with Crippen LogP contribution in [0.3, 0.4) is 0 Å². The smallest absolute Gasteiger partial charge is 0.0901 e. The molecule has 1 N–H and O–H groups in total.